The van der Waals surface area contributed by atoms with Crippen molar-refractivity contribution in [3.8, 4) is 0 Å². The van der Waals surface area contributed by atoms with Crippen LogP contribution in [0.2, 0.25) is 0 Å². The number of piperazine rings is 2. The molecule has 2 fully saturated rings. The van der Waals surface area contributed by atoms with Crippen molar-refractivity contribution in [1.82, 2.24) is 19.6 Å². The van der Waals surface area contributed by atoms with Crippen LogP contribution in [0.4, 0.5) is 0 Å². The van der Waals surface area contributed by atoms with Crippen LogP contribution < -0.4 is 0 Å². The molecular weight excluding hydrogens is 653 g/mol. The summed E-state index contributed by atoms with van der Waals surface area (Å²) in [5.41, 5.74) is 5.92. The molecule has 2 aromatic heterocycles. The topological polar surface area (TPSA) is 81.2 Å². The SMILES string of the molecule is Cc1cscc1CC1C(=O)N(C)C(C)(Cc2ccccc2)C(=O)N1C.Cc1cscc1CC1C(=O)N(C)C(Cc2ccccc2)C(=O)N1C. The van der Waals surface area contributed by atoms with Crippen LogP contribution in [0.5, 0.6) is 0 Å². The summed E-state index contributed by atoms with van der Waals surface area (Å²) in [6.45, 7) is 5.95. The first-order valence-electron chi connectivity index (χ1n) is 16.5. The van der Waals surface area contributed by atoms with Crippen LogP contribution in [0.3, 0.4) is 0 Å². The summed E-state index contributed by atoms with van der Waals surface area (Å²) >= 11 is 3.26. The van der Waals surface area contributed by atoms with Crippen LogP contribution in [0.15, 0.2) is 82.2 Å². The standard InChI is InChI=1S/C20H24N2O2S.C19H22N2O2S/c1-14-12-25-13-16(14)10-17-18(23)22(4)20(2,19(24)21(17)3)11-15-8-6-5-7-9-15;1-13-11-24-12-15(13)10-17-19(23)20(2)16(18(22)21(17)3)9-14-7-5-4-6-8-14/h5-9,12-13,17H,10-11H2,1-4H3;4-8,11-12,16-17H,9-10H2,1-3H3. The van der Waals surface area contributed by atoms with Gasteiger partial charge in [-0.2, -0.15) is 22.7 Å². The molecule has 49 heavy (non-hydrogen) atoms. The predicted octanol–water partition coefficient (Wildman–Crippen LogP) is 5.41. The second-order valence-corrected chi connectivity index (χ2v) is 14.9. The molecule has 0 spiro atoms. The summed E-state index contributed by atoms with van der Waals surface area (Å²) in [7, 11) is 7.00. The van der Waals surface area contributed by atoms with E-state index in [-0.39, 0.29) is 23.6 Å². The molecule has 6 rings (SSSR count). The quantitative estimate of drug-likeness (QED) is 0.247. The van der Waals surface area contributed by atoms with E-state index in [2.05, 4.69) is 21.5 Å². The van der Waals surface area contributed by atoms with E-state index in [1.807, 2.05) is 81.4 Å². The van der Waals surface area contributed by atoms with E-state index in [4.69, 9.17) is 0 Å². The molecule has 4 aromatic rings. The average Bonchev–Trinajstić information content (AvgIpc) is 3.71. The van der Waals surface area contributed by atoms with E-state index in [9.17, 15) is 19.2 Å². The Balaban J connectivity index is 0.000000191. The maximum Gasteiger partial charge on any atom is 0.249 e. The maximum absolute atomic E-state index is 13.2. The fourth-order valence-electron chi connectivity index (χ4n) is 6.71. The third-order valence-electron chi connectivity index (χ3n) is 10.2. The van der Waals surface area contributed by atoms with E-state index in [1.54, 1.807) is 70.5 Å². The van der Waals surface area contributed by atoms with Gasteiger partial charge in [0.2, 0.25) is 23.6 Å². The number of carbonyl (C=O) groups is 4. The molecule has 0 saturated carbocycles. The number of thiophene rings is 2. The van der Waals surface area contributed by atoms with Gasteiger partial charge in [0.05, 0.1) is 0 Å². The Kier molecular flexibility index (Phi) is 11.1. The van der Waals surface area contributed by atoms with Gasteiger partial charge in [-0.3, -0.25) is 19.2 Å². The van der Waals surface area contributed by atoms with E-state index in [0.29, 0.717) is 25.7 Å². The lowest BCUT2D eigenvalue weighted by atomic mass is 9.85. The van der Waals surface area contributed by atoms with Gasteiger partial charge < -0.3 is 19.6 Å². The van der Waals surface area contributed by atoms with Gasteiger partial charge in [-0.1, -0.05) is 60.7 Å². The number of nitrogens with zero attached hydrogens (tertiary/aromatic N) is 4. The molecule has 2 aromatic carbocycles. The Morgan fingerprint density at radius 3 is 1.45 bits per heavy atom. The van der Waals surface area contributed by atoms with Crippen LogP contribution in [-0.2, 0) is 44.9 Å². The summed E-state index contributed by atoms with van der Waals surface area (Å²) in [5.74, 6) is 0.0323. The lowest BCUT2D eigenvalue weighted by Gasteiger charge is -2.48. The molecule has 258 valence electrons. The van der Waals surface area contributed by atoms with Gasteiger partial charge in [-0.15, -0.1) is 0 Å². The minimum absolute atomic E-state index is 0.00339. The zero-order valence-electron chi connectivity index (χ0n) is 29.4. The Morgan fingerprint density at radius 1 is 0.571 bits per heavy atom. The summed E-state index contributed by atoms with van der Waals surface area (Å²) in [6, 6.07) is 18.4. The highest BCUT2D eigenvalue weighted by Gasteiger charge is 2.50. The van der Waals surface area contributed by atoms with E-state index in [0.717, 1.165) is 22.3 Å². The van der Waals surface area contributed by atoms with Gasteiger partial charge in [0.15, 0.2) is 0 Å². The van der Waals surface area contributed by atoms with Crippen molar-refractivity contribution in [2.75, 3.05) is 28.2 Å². The number of benzene rings is 2. The number of amides is 4. The van der Waals surface area contributed by atoms with Crippen LogP contribution in [0.1, 0.15) is 40.3 Å². The molecule has 4 atom stereocenters. The minimum Gasteiger partial charge on any atom is -0.332 e. The van der Waals surface area contributed by atoms with Crippen molar-refractivity contribution in [1.29, 1.82) is 0 Å². The van der Waals surface area contributed by atoms with Crippen LogP contribution >= 0.6 is 22.7 Å². The number of likely N-dealkylation sites (N-methyl/N-ethyl adjacent to an activating group) is 4. The maximum atomic E-state index is 13.2. The third-order valence-corrected chi connectivity index (χ3v) is 12.0. The molecule has 0 N–H and O–H groups in total. The molecule has 10 heteroatoms. The van der Waals surface area contributed by atoms with Crippen LogP contribution in [0.25, 0.3) is 0 Å². The Hall–Kier alpha value is -4.28. The molecule has 0 bridgehead atoms. The first kappa shape index (κ1) is 36.0. The van der Waals surface area contributed by atoms with E-state index in [1.165, 1.54) is 11.1 Å². The predicted molar refractivity (Wildman–Crippen MR) is 197 cm³/mol. The molecule has 0 radical (unpaired) electrons. The summed E-state index contributed by atoms with van der Waals surface area (Å²) in [5, 5.41) is 8.29. The second kappa shape index (κ2) is 15.1. The molecule has 0 aliphatic carbocycles. The van der Waals surface area contributed by atoms with Crippen molar-refractivity contribution >= 4 is 46.3 Å². The average molecular weight is 699 g/mol. The molecule has 4 heterocycles. The molecule has 2 saturated heterocycles. The van der Waals surface area contributed by atoms with Gasteiger partial charge in [0.1, 0.15) is 23.7 Å². The number of hydrogen-bond acceptors (Lipinski definition) is 6. The van der Waals surface area contributed by atoms with Gasteiger partial charge >= 0.3 is 0 Å². The molecule has 2 aliphatic heterocycles. The first-order valence-corrected chi connectivity index (χ1v) is 18.4. The summed E-state index contributed by atoms with van der Waals surface area (Å²) < 4.78 is 0. The summed E-state index contributed by atoms with van der Waals surface area (Å²) in [6.07, 6.45) is 2.22. The second-order valence-electron chi connectivity index (χ2n) is 13.5. The highest BCUT2D eigenvalue weighted by molar-refractivity contribution is 7.08. The molecule has 2 aliphatic rings. The molecule has 4 amide bonds. The van der Waals surface area contributed by atoms with Crippen LogP contribution in [0, 0.1) is 13.8 Å². The molecule has 4 unspecified atom stereocenters. The number of carbonyl (C=O) groups excluding carboxylic acids is 4. The Bertz CT molecular complexity index is 1790. The van der Waals surface area contributed by atoms with Crippen LogP contribution in [-0.4, -0.2) is 95.1 Å². The van der Waals surface area contributed by atoms with Crippen molar-refractivity contribution in [3.05, 3.63) is 116 Å². The van der Waals surface area contributed by atoms with Gasteiger partial charge in [0.25, 0.3) is 0 Å². The van der Waals surface area contributed by atoms with Crippen molar-refractivity contribution in [2.45, 2.75) is 70.1 Å². The number of rotatable bonds is 8. The largest absolute Gasteiger partial charge is 0.332 e. The summed E-state index contributed by atoms with van der Waals surface area (Å²) in [4.78, 5) is 58.5. The third kappa shape index (κ3) is 7.50. The fraction of sp³-hybridized carbons (Fsp3) is 0.385. The van der Waals surface area contributed by atoms with Crippen molar-refractivity contribution < 1.29 is 19.2 Å². The van der Waals surface area contributed by atoms with Crippen molar-refractivity contribution in [2.24, 2.45) is 0 Å². The van der Waals surface area contributed by atoms with E-state index >= 15 is 0 Å². The first-order chi connectivity index (χ1) is 23.3. The normalized spacial score (nSPS) is 22.8. The Morgan fingerprint density at radius 2 is 1.00 bits per heavy atom. The highest BCUT2D eigenvalue weighted by Crippen LogP contribution is 2.31. The minimum atomic E-state index is -0.854. The van der Waals surface area contributed by atoms with Crippen molar-refractivity contribution in [3.63, 3.8) is 0 Å². The molecule has 8 nitrogen and oxygen atoms in total. The fourth-order valence-corrected chi connectivity index (χ4v) is 8.45. The van der Waals surface area contributed by atoms with E-state index < -0.39 is 23.7 Å². The number of aryl methyl sites for hydroxylation is 2. The van der Waals surface area contributed by atoms with Gasteiger partial charge in [0, 0.05) is 53.9 Å². The monoisotopic (exact) mass is 698 g/mol. The van der Waals surface area contributed by atoms with Gasteiger partial charge in [-0.05, 0) is 75.7 Å². The molecular formula is C39H46N4O4S2. The number of hydrogen-bond donors (Lipinski definition) is 0. The Labute approximate surface area is 297 Å². The van der Waals surface area contributed by atoms with Gasteiger partial charge in [-0.25, -0.2) is 0 Å². The zero-order valence-corrected chi connectivity index (χ0v) is 31.0. The highest BCUT2D eigenvalue weighted by atomic mass is 32.1. The smallest absolute Gasteiger partial charge is 0.249 e. The zero-order chi connectivity index (χ0) is 35.5. The lowest BCUT2D eigenvalue weighted by Crippen LogP contribution is -2.69. The lowest BCUT2D eigenvalue weighted by molar-refractivity contribution is -0.166.